The van der Waals surface area contributed by atoms with E-state index >= 15 is 0 Å². The SMILES string of the molecule is CC(C)CN(CC(N)=O)C(CN)c1ccccc1F. The monoisotopic (exact) mass is 267 g/mol. The van der Waals surface area contributed by atoms with Crippen molar-refractivity contribution in [2.24, 2.45) is 17.4 Å². The van der Waals surface area contributed by atoms with E-state index in [2.05, 4.69) is 0 Å². The number of carbonyl (C=O) groups excluding carboxylic acids is 1. The molecule has 0 bridgehead atoms. The maximum Gasteiger partial charge on any atom is 0.231 e. The molecule has 4 nitrogen and oxygen atoms in total. The number of rotatable bonds is 7. The van der Waals surface area contributed by atoms with Crippen molar-refractivity contribution in [1.82, 2.24) is 4.90 Å². The lowest BCUT2D eigenvalue weighted by atomic mass is 10.0. The van der Waals surface area contributed by atoms with Gasteiger partial charge in [-0.15, -0.1) is 0 Å². The van der Waals surface area contributed by atoms with Crippen molar-refractivity contribution in [1.29, 1.82) is 0 Å². The summed E-state index contributed by atoms with van der Waals surface area (Å²) in [5.41, 5.74) is 11.5. The summed E-state index contributed by atoms with van der Waals surface area (Å²) in [7, 11) is 0. The van der Waals surface area contributed by atoms with Crippen molar-refractivity contribution in [3.05, 3.63) is 35.6 Å². The highest BCUT2D eigenvalue weighted by molar-refractivity contribution is 5.76. The summed E-state index contributed by atoms with van der Waals surface area (Å²) in [6, 6.07) is 6.15. The molecule has 1 aromatic rings. The number of carbonyl (C=O) groups is 1. The molecule has 19 heavy (non-hydrogen) atoms. The van der Waals surface area contributed by atoms with Gasteiger partial charge in [0, 0.05) is 18.7 Å². The summed E-state index contributed by atoms with van der Waals surface area (Å²) in [5, 5.41) is 0. The molecular formula is C14H22FN3O. The molecule has 0 aliphatic heterocycles. The predicted molar refractivity (Wildman–Crippen MR) is 73.8 cm³/mol. The number of halogens is 1. The molecule has 1 rings (SSSR count). The zero-order chi connectivity index (χ0) is 14.4. The van der Waals surface area contributed by atoms with Crippen LogP contribution < -0.4 is 11.5 Å². The average molecular weight is 267 g/mol. The fourth-order valence-corrected chi connectivity index (χ4v) is 2.19. The van der Waals surface area contributed by atoms with E-state index in [9.17, 15) is 9.18 Å². The van der Waals surface area contributed by atoms with Gasteiger partial charge >= 0.3 is 0 Å². The van der Waals surface area contributed by atoms with E-state index in [-0.39, 0.29) is 24.9 Å². The molecule has 1 atom stereocenters. The molecule has 0 spiro atoms. The first-order chi connectivity index (χ1) is 8.95. The zero-order valence-corrected chi connectivity index (χ0v) is 11.5. The normalized spacial score (nSPS) is 12.9. The minimum Gasteiger partial charge on any atom is -0.369 e. The van der Waals surface area contributed by atoms with Crippen LogP contribution in [0.25, 0.3) is 0 Å². The van der Waals surface area contributed by atoms with Gasteiger partial charge in [-0.1, -0.05) is 32.0 Å². The molecule has 4 N–H and O–H groups in total. The van der Waals surface area contributed by atoms with Gasteiger partial charge in [0.05, 0.1) is 12.6 Å². The van der Waals surface area contributed by atoms with Crippen LogP contribution in [0, 0.1) is 11.7 Å². The van der Waals surface area contributed by atoms with Crippen LogP contribution in [0.1, 0.15) is 25.5 Å². The number of nitrogens with two attached hydrogens (primary N) is 2. The molecule has 5 heteroatoms. The van der Waals surface area contributed by atoms with Crippen LogP contribution >= 0.6 is 0 Å². The van der Waals surface area contributed by atoms with E-state index in [0.29, 0.717) is 18.0 Å². The van der Waals surface area contributed by atoms with Crippen molar-refractivity contribution < 1.29 is 9.18 Å². The highest BCUT2D eigenvalue weighted by Crippen LogP contribution is 2.23. The van der Waals surface area contributed by atoms with Crippen molar-refractivity contribution >= 4 is 5.91 Å². The third-order valence-corrected chi connectivity index (χ3v) is 2.89. The lowest BCUT2D eigenvalue weighted by Gasteiger charge is -2.31. The van der Waals surface area contributed by atoms with Crippen molar-refractivity contribution in [3.63, 3.8) is 0 Å². The minimum absolute atomic E-state index is 0.0778. The highest BCUT2D eigenvalue weighted by atomic mass is 19.1. The molecule has 0 radical (unpaired) electrons. The summed E-state index contributed by atoms with van der Waals surface area (Å²) in [6.07, 6.45) is 0. The first kappa shape index (κ1) is 15.6. The summed E-state index contributed by atoms with van der Waals surface area (Å²) < 4.78 is 13.9. The van der Waals surface area contributed by atoms with Crippen LogP contribution in [-0.4, -0.2) is 30.4 Å². The van der Waals surface area contributed by atoms with Gasteiger partial charge in [0.25, 0.3) is 0 Å². The van der Waals surface area contributed by atoms with Gasteiger partial charge in [-0.3, -0.25) is 9.69 Å². The van der Waals surface area contributed by atoms with Crippen LogP contribution in [-0.2, 0) is 4.79 Å². The summed E-state index contributed by atoms with van der Waals surface area (Å²) in [5.74, 6) is -0.410. The lowest BCUT2D eigenvalue weighted by Crippen LogP contribution is -2.42. The summed E-state index contributed by atoms with van der Waals surface area (Å²) in [4.78, 5) is 13.0. The Morgan fingerprint density at radius 3 is 2.47 bits per heavy atom. The smallest absolute Gasteiger partial charge is 0.231 e. The first-order valence-electron chi connectivity index (χ1n) is 6.42. The zero-order valence-electron chi connectivity index (χ0n) is 11.5. The predicted octanol–water partition coefficient (Wildman–Crippen LogP) is 1.27. The Kier molecular flexibility index (Phi) is 5.92. The molecule has 0 aliphatic carbocycles. The van der Waals surface area contributed by atoms with Crippen molar-refractivity contribution in [2.75, 3.05) is 19.6 Å². The second-order valence-corrected chi connectivity index (χ2v) is 5.06. The molecule has 1 unspecified atom stereocenters. The van der Waals surface area contributed by atoms with Crippen LogP contribution in [0.2, 0.25) is 0 Å². The van der Waals surface area contributed by atoms with E-state index in [1.54, 1.807) is 18.2 Å². The molecule has 0 saturated carbocycles. The fourth-order valence-electron chi connectivity index (χ4n) is 2.19. The number of primary amides is 1. The molecule has 1 amide bonds. The number of hydrogen-bond acceptors (Lipinski definition) is 3. The number of amides is 1. The van der Waals surface area contributed by atoms with Gasteiger partial charge in [-0.25, -0.2) is 4.39 Å². The molecule has 0 aliphatic rings. The van der Waals surface area contributed by atoms with Gasteiger partial charge in [0.2, 0.25) is 5.91 Å². The Morgan fingerprint density at radius 2 is 2.00 bits per heavy atom. The van der Waals surface area contributed by atoms with Gasteiger partial charge in [-0.05, 0) is 12.0 Å². The molecular weight excluding hydrogens is 245 g/mol. The van der Waals surface area contributed by atoms with Crippen LogP contribution in [0.15, 0.2) is 24.3 Å². The Hall–Kier alpha value is -1.46. The third kappa shape index (κ3) is 4.61. The summed E-state index contributed by atoms with van der Waals surface area (Å²) >= 11 is 0. The maximum absolute atomic E-state index is 13.9. The summed E-state index contributed by atoms with van der Waals surface area (Å²) in [6.45, 7) is 5.01. The maximum atomic E-state index is 13.9. The van der Waals surface area contributed by atoms with Gasteiger partial charge in [-0.2, -0.15) is 0 Å². The third-order valence-electron chi connectivity index (χ3n) is 2.89. The van der Waals surface area contributed by atoms with Gasteiger partial charge in [0.1, 0.15) is 5.82 Å². The molecule has 0 saturated heterocycles. The molecule has 0 aromatic heterocycles. The van der Waals surface area contributed by atoms with Crippen LogP contribution in [0.4, 0.5) is 4.39 Å². The van der Waals surface area contributed by atoms with Gasteiger partial charge in [0.15, 0.2) is 0 Å². The van der Waals surface area contributed by atoms with Crippen LogP contribution in [0.3, 0.4) is 0 Å². The Balaban J connectivity index is 3.01. The lowest BCUT2D eigenvalue weighted by molar-refractivity contribution is -0.119. The van der Waals surface area contributed by atoms with Gasteiger partial charge < -0.3 is 11.5 Å². The van der Waals surface area contributed by atoms with E-state index in [1.165, 1.54) is 6.07 Å². The molecule has 0 fully saturated rings. The second kappa shape index (κ2) is 7.21. The average Bonchev–Trinajstić information content (AvgIpc) is 2.30. The number of benzene rings is 1. The van der Waals surface area contributed by atoms with Crippen molar-refractivity contribution in [3.8, 4) is 0 Å². The van der Waals surface area contributed by atoms with E-state index in [0.717, 1.165) is 0 Å². The number of hydrogen-bond donors (Lipinski definition) is 2. The Bertz CT molecular complexity index is 423. The highest BCUT2D eigenvalue weighted by Gasteiger charge is 2.23. The quantitative estimate of drug-likeness (QED) is 0.781. The topological polar surface area (TPSA) is 72.3 Å². The number of nitrogens with zero attached hydrogens (tertiary/aromatic N) is 1. The van der Waals surface area contributed by atoms with E-state index < -0.39 is 5.91 Å². The molecule has 106 valence electrons. The standard InChI is InChI=1S/C14H22FN3O/c1-10(2)8-18(9-14(17)19)13(7-16)11-5-3-4-6-12(11)15/h3-6,10,13H,7-9,16H2,1-2H3,(H2,17,19). The minimum atomic E-state index is -0.435. The van der Waals surface area contributed by atoms with E-state index in [1.807, 2.05) is 18.7 Å². The van der Waals surface area contributed by atoms with Crippen LogP contribution in [0.5, 0.6) is 0 Å². The van der Waals surface area contributed by atoms with E-state index in [4.69, 9.17) is 11.5 Å². The molecule has 0 heterocycles. The Labute approximate surface area is 113 Å². The first-order valence-corrected chi connectivity index (χ1v) is 6.42. The fraction of sp³-hybridized carbons (Fsp3) is 0.500. The Morgan fingerprint density at radius 1 is 1.37 bits per heavy atom. The molecule has 1 aromatic carbocycles. The largest absolute Gasteiger partial charge is 0.369 e. The second-order valence-electron chi connectivity index (χ2n) is 5.06. The van der Waals surface area contributed by atoms with Crippen molar-refractivity contribution in [2.45, 2.75) is 19.9 Å².